The van der Waals surface area contributed by atoms with Crippen LogP contribution in [0.5, 0.6) is 0 Å². The zero-order chi connectivity index (χ0) is 57.8. The standard InChI is InChI=1S/C74H116O6/c1-4-7-10-13-16-19-22-25-28-31-33-34-35-36-37-38-39-40-41-44-46-49-52-55-58-61-64-67-73(76)79-70-71(69-78-72(75)66-63-60-57-54-51-48-45-42-30-27-24-21-18-15-12-9-6-3)80-74(77)68-65-62-59-56-53-50-47-43-32-29-26-23-20-17-14-11-8-5-2/h7,9-10,12,16,18-21,23,25,27-30,32-34,36-37,39-40,44-46,48,54,57,71H,4-6,8,11,13-15,17,22,24,26,31,35,38,41-43,47,49-53,55-56,58-70H2,1-3H3/b10-7-,12-9-,19-16-,21-18-,23-20-,28-25-,30-27-,32-29-,34-33-,37-36-,40-39-,46-44-,48-45-,57-54-. The Morgan fingerprint density at radius 2 is 0.500 bits per heavy atom. The summed E-state index contributed by atoms with van der Waals surface area (Å²) in [5, 5.41) is 0. The largest absolute Gasteiger partial charge is 0.462 e. The quantitative estimate of drug-likeness (QED) is 0.0261. The number of hydrogen-bond donors (Lipinski definition) is 0. The minimum Gasteiger partial charge on any atom is -0.462 e. The molecule has 0 heterocycles. The number of unbranched alkanes of at least 4 members (excludes halogenated alkanes) is 17. The fraction of sp³-hybridized carbons (Fsp3) is 0.581. The average molecular weight is 1100 g/mol. The van der Waals surface area contributed by atoms with E-state index in [1.54, 1.807) is 0 Å². The van der Waals surface area contributed by atoms with Crippen LogP contribution in [0.2, 0.25) is 0 Å². The summed E-state index contributed by atoms with van der Waals surface area (Å²) in [4.78, 5) is 38.3. The SMILES string of the molecule is CC/C=C\C/C=C\C/C=C\C/C=C\C/C=C\C/C=C\C/C=C\CCCCCCCC(=O)OCC(COC(=O)CCC/C=C\C/C=C\C/C=C\C/C=C\C/C=C\CC)OC(=O)CCCCCCCCC/C=C\C/C=C\CCCCCC. The van der Waals surface area contributed by atoms with Gasteiger partial charge in [-0.25, -0.2) is 0 Å². The molecule has 0 radical (unpaired) electrons. The minimum absolute atomic E-state index is 0.117. The van der Waals surface area contributed by atoms with Gasteiger partial charge in [0.1, 0.15) is 13.2 Å². The zero-order valence-corrected chi connectivity index (χ0v) is 51.3. The molecule has 0 aromatic heterocycles. The maximum absolute atomic E-state index is 12.9. The molecule has 0 bridgehead atoms. The number of hydrogen-bond acceptors (Lipinski definition) is 6. The van der Waals surface area contributed by atoms with Crippen LogP contribution in [0.3, 0.4) is 0 Å². The van der Waals surface area contributed by atoms with Crippen molar-refractivity contribution in [3.63, 3.8) is 0 Å². The van der Waals surface area contributed by atoms with Crippen LogP contribution in [0.4, 0.5) is 0 Å². The molecule has 1 atom stereocenters. The Bertz CT molecular complexity index is 1840. The fourth-order valence-corrected chi connectivity index (χ4v) is 8.19. The molecular formula is C74H116O6. The second-order valence-corrected chi connectivity index (χ2v) is 20.5. The summed E-state index contributed by atoms with van der Waals surface area (Å²) in [6.45, 7) is 6.32. The van der Waals surface area contributed by atoms with Gasteiger partial charge in [0.15, 0.2) is 6.10 Å². The molecule has 0 spiro atoms. The highest BCUT2D eigenvalue weighted by Crippen LogP contribution is 2.14. The van der Waals surface area contributed by atoms with Crippen molar-refractivity contribution < 1.29 is 28.6 Å². The van der Waals surface area contributed by atoms with Gasteiger partial charge >= 0.3 is 17.9 Å². The van der Waals surface area contributed by atoms with Crippen molar-refractivity contribution in [2.24, 2.45) is 0 Å². The summed E-state index contributed by atoms with van der Waals surface area (Å²) in [5.41, 5.74) is 0. The van der Waals surface area contributed by atoms with Crippen molar-refractivity contribution in [2.45, 2.75) is 264 Å². The van der Waals surface area contributed by atoms with Crippen LogP contribution < -0.4 is 0 Å². The van der Waals surface area contributed by atoms with E-state index in [2.05, 4.69) is 191 Å². The van der Waals surface area contributed by atoms with Gasteiger partial charge in [0.25, 0.3) is 0 Å². The Labute approximate surface area is 492 Å². The fourth-order valence-electron chi connectivity index (χ4n) is 8.19. The Hall–Kier alpha value is -5.23. The van der Waals surface area contributed by atoms with E-state index in [0.29, 0.717) is 19.3 Å². The predicted octanol–water partition coefficient (Wildman–Crippen LogP) is 22.3. The van der Waals surface area contributed by atoms with Gasteiger partial charge in [-0.1, -0.05) is 262 Å². The monoisotopic (exact) mass is 1100 g/mol. The maximum atomic E-state index is 12.9. The van der Waals surface area contributed by atoms with Crippen LogP contribution in [0.1, 0.15) is 258 Å². The Kier molecular flexibility index (Phi) is 61.9. The molecule has 0 saturated carbocycles. The average Bonchev–Trinajstić information content (AvgIpc) is 3.46. The van der Waals surface area contributed by atoms with Crippen molar-refractivity contribution in [3.05, 3.63) is 170 Å². The van der Waals surface area contributed by atoms with Gasteiger partial charge in [-0.15, -0.1) is 0 Å². The normalized spacial score (nSPS) is 13.3. The predicted molar refractivity (Wildman–Crippen MR) is 348 cm³/mol. The number of carbonyl (C=O) groups excluding carboxylic acids is 3. The summed E-state index contributed by atoms with van der Waals surface area (Å²) in [6.07, 6.45) is 97.8. The lowest BCUT2D eigenvalue weighted by Gasteiger charge is -2.18. The maximum Gasteiger partial charge on any atom is 0.306 e. The van der Waals surface area contributed by atoms with Gasteiger partial charge in [-0.2, -0.15) is 0 Å². The molecule has 6 nitrogen and oxygen atoms in total. The molecule has 0 amide bonds. The van der Waals surface area contributed by atoms with E-state index >= 15 is 0 Å². The molecule has 1 unspecified atom stereocenters. The highest BCUT2D eigenvalue weighted by atomic mass is 16.6. The number of esters is 3. The summed E-state index contributed by atoms with van der Waals surface area (Å²) in [7, 11) is 0. The number of rotatable bonds is 56. The molecule has 0 aliphatic heterocycles. The van der Waals surface area contributed by atoms with Gasteiger partial charge in [0.2, 0.25) is 0 Å². The van der Waals surface area contributed by atoms with E-state index in [4.69, 9.17) is 14.2 Å². The molecule has 0 aromatic rings. The number of ether oxygens (including phenoxy) is 3. The van der Waals surface area contributed by atoms with Crippen LogP contribution >= 0.6 is 0 Å². The van der Waals surface area contributed by atoms with Gasteiger partial charge in [0.05, 0.1) is 0 Å². The molecule has 0 N–H and O–H groups in total. The van der Waals surface area contributed by atoms with Crippen molar-refractivity contribution in [2.75, 3.05) is 13.2 Å². The number of allylic oxidation sites excluding steroid dienone is 28. The lowest BCUT2D eigenvalue weighted by atomic mass is 10.1. The molecule has 0 aromatic carbocycles. The third kappa shape index (κ3) is 63.6. The lowest BCUT2D eigenvalue weighted by Crippen LogP contribution is -2.30. The van der Waals surface area contributed by atoms with Crippen molar-refractivity contribution in [1.82, 2.24) is 0 Å². The summed E-state index contributed by atoms with van der Waals surface area (Å²) >= 11 is 0. The second-order valence-electron chi connectivity index (χ2n) is 20.5. The van der Waals surface area contributed by atoms with Crippen molar-refractivity contribution in [1.29, 1.82) is 0 Å². The van der Waals surface area contributed by atoms with Gasteiger partial charge < -0.3 is 14.2 Å². The minimum atomic E-state index is -0.825. The molecular weight excluding hydrogens is 985 g/mol. The molecule has 6 heteroatoms. The lowest BCUT2D eigenvalue weighted by molar-refractivity contribution is -0.167. The van der Waals surface area contributed by atoms with Crippen LogP contribution in [-0.2, 0) is 28.6 Å². The first kappa shape index (κ1) is 74.8. The Morgan fingerprint density at radius 1 is 0.263 bits per heavy atom. The molecule has 448 valence electrons. The smallest absolute Gasteiger partial charge is 0.306 e. The van der Waals surface area contributed by atoms with Gasteiger partial charge in [-0.3, -0.25) is 14.4 Å². The third-order valence-corrected chi connectivity index (χ3v) is 12.9. The van der Waals surface area contributed by atoms with Crippen LogP contribution in [0.15, 0.2) is 170 Å². The Balaban J connectivity index is 4.52. The van der Waals surface area contributed by atoms with Gasteiger partial charge in [-0.05, 0) is 148 Å². The van der Waals surface area contributed by atoms with E-state index in [1.807, 2.05) is 0 Å². The van der Waals surface area contributed by atoms with Crippen molar-refractivity contribution >= 4 is 17.9 Å². The third-order valence-electron chi connectivity index (χ3n) is 12.9. The zero-order valence-electron chi connectivity index (χ0n) is 51.3. The van der Waals surface area contributed by atoms with E-state index in [0.717, 1.165) is 154 Å². The molecule has 0 fully saturated rings. The summed E-state index contributed by atoms with van der Waals surface area (Å²) in [5.74, 6) is -1.01. The van der Waals surface area contributed by atoms with Crippen molar-refractivity contribution in [3.8, 4) is 0 Å². The highest BCUT2D eigenvalue weighted by molar-refractivity contribution is 5.71. The van der Waals surface area contributed by atoms with Crippen LogP contribution in [-0.4, -0.2) is 37.2 Å². The number of carbonyl (C=O) groups is 3. The van der Waals surface area contributed by atoms with E-state index in [-0.39, 0.29) is 37.5 Å². The summed E-state index contributed by atoms with van der Waals surface area (Å²) in [6, 6.07) is 0. The second kappa shape index (κ2) is 66.3. The van der Waals surface area contributed by atoms with Crippen LogP contribution in [0, 0.1) is 0 Å². The first-order chi connectivity index (χ1) is 39.5. The Morgan fingerprint density at radius 3 is 0.812 bits per heavy atom. The first-order valence-corrected chi connectivity index (χ1v) is 32.1. The molecule has 80 heavy (non-hydrogen) atoms. The highest BCUT2D eigenvalue weighted by Gasteiger charge is 2.19. The van der Waals surface area contributed by atoms with E-state index < -0.39 is 6.10 Å². The molecule has 0 rings (SSSR count). The molecule has 0 aliphatic rings. The molecule has 0 aliphatic carbocycles. The van der Waals surface area contributed by atoms with E-state index in [9.17, 15) is 14.4 Å². The van der Waals surface area contributed by atoms with Crippen LogP contribution in [0.25, 0.3) is 0 Å². The first-order valence-electron chi connectivity index (χ1n) is 32.1. The summed E-state index contributed by atoms with van der Waals surface area (Å²) < 4.78 is 16.9. The van der Waals surface area contributed by atoms with Gasteiger partial charge in [0, 0.05) is 19.3 Å². The molecule has 0 saturated heterocycles. The topological polar surface area (TPSA) is 78.9 Å². The van der Waals surface area contributed by atoms with E-state index in [1.165, 1.54) is 57.8 Å².